The summed E-state index contributed by atoms with van der Waals surface area (Å²) in [4.78, 5) is 20.5. The second kappa shape index (κ2) is 7.09. The number of carbonyl (C=O) groups is 1. The van der Waals surface area contributed by atoms with Crippen LogP contribution >= 0.6 is 11.3 Å². The molecule has 0 bridgehead atoms. The summed E-state index contributed by atoms with van der Waals surface area (Å²) in [6, 6.07) is 9.06. The van der Waals surface area contributed by atoms with Gasteiger partial charge in [0.05, 0.1) is 5.69 Å². The first-order valence-electron chi connectivity index (χ1n) is 9.86. The number of fused-ring (bicyclic) bond motifs is 2. The van der Waals surface area contributed by atoms with Gasteiger partial charge in [-0.3, -0.25) is 9.20 Å². The summed E-state index contributed by atoms with van der Waals surface area (Å²) >= 11 is 1.59. The molecule has 1 saturated heterocycles. The van der Waals surface area contributed by atoms with E-state index >= 15 is 0 Å². The summed E-state index contributed by atoms with van der Waals surface area (Å²) in [6.07, 6.45) is 7.72. The molecule has 1 atom stereocenters. The van der Waals surface area contributed by atoms with E-state index in [1.165, 1.54) is 17.5 Å². The van der Waals surface area contributed by atoms with E-state index in [-0.39, 0.29) is 5.91 Å². The third kappa shape index (κ3) is 3.07. The fraction of sp³-hybridized carbons (Fsp3) is 0.429. The van der Waals surface area contributed by atoms with Crippen molar-refractivity contribution < 1.29 is 4.79 Å². The van der Waals surface area contributed by atoms with Crippen molar-refractivity contribution in [3.8, 4) is 0 Å². The Morgan fingerprint density at radius 1 is 1.22 bits per heavy atom. The molecule has 5 nitrogen and oxygen atoms in total. The molecule has 1 aliphatic carbocycles. The number of hydrogen-bond donors (Lipinski definition) is 1. The van der Waals surface area contributed by atoms with Gasteiger partial charge in [-0.15, -0.1) is 11.3 Å². The summed E-state index contributed by atoms with van der Waals surface area (Å²) in [5.74, 6) is 0.0873. The van der Waals surface area contributed by atoms with Crippen LogP contribution in [0.2, 0.25) is 0 Å². The fourth-order valence-electron chi connectivity index (χ4n) is 4.43. The van der Waals surface area contributed by atoms with E-state index in [4.69, 9.17) is 0 Å². The number of nitrogens with one attached hydrogen (secondary N) is 1. The molecule has 140 valence electrons. The lowest BCUT2D eigenvalue weighted by Crippen LogP contribution is -2.30. The first-order chi connectivity index (χ1) is 13.3. The SMILES string of the molecule is O=C(c1nc2sccn2c1CNC1CCCc2ccccc21)N1CCCC1. The number of carbonyl (C=O) groups excluding carboxylic acids is 1. The minimum absolute atomic E-state index is 0.0873. The van der Waals surface area contributed by atoms with Crippen molar-refractivity contribution in [2.45, 2.75) is 44.7 Å². The van der Waals surface area contributed by atoms with Crippen LogP contribution in [0.5, 0.6) is 0 Å². The van der Waals surface area contributed by atoms with Crippen molar-refractivity contribution in [3.05, 3.63) is 58.4 Å². The molecule has 0 radical (unpaired) electrons. The molecule has 1 fully saturated rings. The van der Waals surface area contributed by atoms with E-state index < -0.39 is 0 Å². The second-order valence-corrected chi connectivity index (χ2v) is 8.36. The molecule has 0 saturated carbocycles. The molecular weight excluding hydrogens is 356 g/mol. The molecule has 2 aliphatic rings. The van der Waals surface area contributed by atoms with Gasteiger partial charge in [0.1, 0.15) is 0 Å². The molecule has 27 heavy (non-hydrogen) atoms. The van der Waals surface area contributed by atoms with Gasteiger partial charge in [0, 0.05) is 37.3 Å². The summed E-state index contributed by atoms with van der Waals surface area (Å²) in [5, 5.41) is 5.75. The number of amides is 1. The number of hydrogen-bond acceptors (Lipinski definition) is 4. The lowest BCUT2D eigenvalue weighted by atomic mass is 9.88. The number of nitrogens with zero attached hydrogens (tertiary/aromatic N) is 3. The van der Waals surface area contributed by atoms with Crippen LogP contribution in [0, 0.1) is 0 Å². The van der Waals surface area contributed by atoms with Crippen molar-refractivity contribution in [3.63, 3.8) is 0 Å². The molecule has 2 aromatic heterocycles. The van der Waals surface area contributed by atoms with Gasteiger partial charge in [0.15, 0.2) is 10.7 Å². The molecular formula is C21H24N4OS. The number of rotatable bonds is 4. The van der Waals surface area contributed by atoms with Crippen LogP contribution in [0.1, 0.15) is 59.0 Å². The van der Waals surface area contributed by atoms with Crippen molar-refractivity contribution >= 4 is 22.2 Å². The first kappa shape index (κ1) is 17.0. The van der Waals surface area contributed by atoms with Crippen LogP contribution in [0.25, 0.3) is 4.96 Å². The minimum atomic E-state index is 0.0873. The number of aromatic nitrogens is 2. The van der Waals surface area contributed by atoms with Gasteiger partial charge in [-0.2, -0.15) is 0 Å². The van der Waals surface area contributed by atoms with E-state index in [1.807, 2.05) is 16.5 Å². The quantitative estimate of drug-likeness (QED) is 0.749. The normalized spacial score (nSPS) is 19.6. The molecule has 1 N–H and O–H groups in total. The number of likely N-dealkylation sites (tertiary alicyclic amines) is 1. The zero-order chi connectivity index (χ0) is 18.2. The summed E-state index contributed by atoms with van der Waals surface area (Å²) in [5.41, 5.74) is 4.47. The Kier molecular flexibility index (Phi) is 4.45. The van der Waals surface area contributed by atoms with Gasteiger partial charge < -0.3 is 10.2 Å². The van der Waals surface area contributed by atoms with Gasteiger partial charge in [-0.05, 0) is 43.2 Å². The number of thiazole rings is 1. The predicted molar refractivity (Wildman–Crippen MR) is 107 cm³/mol. The van der Waals surface area contributed by atoms with Crippen LogP contribution < -0.4 is 5.32 Å². The smallest absolute Gasteiger partial charge is 0.274 e. The summed E-state index contributed by atoms with van der Waals surface area (Å²) in [7, 11) is 0. The maximum atomic E-state index is 13.0. The topological polar surface area (TPSA) is 49.6 Å². The fourth-order valence-corrected chi connectivity index (χ4v) is 5.16. The van der Waals surface area contributed by atoms with Gasteiger partial charge in [-0.25, -0.2) is 4.98 Å². The zero-order valence-electron chi connectivity index (χ0n) is 15.4. The summed E-state index contributed by atoms with van der Waals surface area (Å²) < 4.78 is 2.08. The molecule has 1 aliphatic heterocycles. The van der Waals surface area contributed by atoms with Crippen LogP contribution in [-0.2, 0) is 13.0 Å². The second-order valence-electron chi connectivity index (χ2n) is 7.49. The first-order valence-corrected chi connectivity index (χ1v) is 10.7. The Labute approximate surface area is 163 Å². The highest BCUT2D eigenvalue weighted by Gasteiger charge is 2.27. The Hall–Kier alpha value is -2.18. The molecule has 0 spiro atoms. The van der Waals surface area contributed by atoms with E-state index in [1.54, 1.807) is 11.3 Å². The molecule has 1 amide bonds. The highest BCUT2D eigenvalue weighted by Crippen LogP contribution is 2.30. The van der Waals surface area contributed by atoms with Crippen LogP contribution in [0.15, 0.2) is 35.8 Å². The maximum Gasteiger partial charge on any atom is 0.274 e. The molecule has 5 rings (SSSR count). The van der Waals surface area contributed by atoms with Crippen LogP contribution in [-0.4, -0.2) is 33.3 Å². The summed E-state index contributed by atoms with van der Waals surface area (Å²) in [6.45, 7) is 2.37. The average Bonchev–Trinajstić information content (AvgIpc) is 3.43. The van der Waals surface area contributed by atoms with Crippen LogP contribution in [0.4, 0.5) is 0 Å². The minimum Gasteiger partial charge on any atom is -0.337 e. The molecule has 1 unspecified atom stereocenters. The Morgan fingerprint density at radius 3 is 2.96 bits per heavy atom. The number of aryl methyl sites for hydroxylation is 1. The lowest BCUT2D eigenvalue weighted by Gasteiger charge is -2.26. The molecule has 3 heterocycles. The Morgan fingerprint density at radius 2 is 2.07 bits per heavy atom. The Bertz CT molecular complexity index is 970. The van der Waals surface area contributed by atoms with Crippen LogP contribution in [0.3, 0.4) is 0 Å². The van der Waals surface area contributed by atoms with Gasteiger partial charge in [-0.1, -0.05) is 24.3 Å². The number of benzene rings is 1. The van der Waals surface area contributed by atoms with Crippen molar-refractivity contribution in [1.29, 1.82) is 0 Å². The zero-order valence-corrected chi connectivity index (χ0v) is 16.2. The molecule has 3 aromatic rings. The standard InChI is InChI=1S/C21H24N4OS/c26-20(24-10-3-4-11-24)19-18(25-12-13-27-21(25)23-19)14-22-17-9-5-7-15-6-1-2-8-16(15)17/h1-2,6,8,12-13,17,22H,3-5,7,9-11,14H2. The monoisotopic (exact) mass is 380 g/mol. The van der Waals surface area contributed by atoms with E-state index in [9.17, 15) is 4.79 Å². The van der Waals surface area contributed by atoms with Gasteiger partial charge in [0.2, 0.25) is 0 Å². The van der Waals surface area contributed by atoms with Crippen molar-refractivity contribution in [2.75, 3.05) is 13.1 Å². The van der Waals surface area contributed by atoms with Crippen molar-refractivity contribution in [2.24, 2.45) is 0 Å². The average molecular weight is 381 g/mol. The van der Waals surface area contributed by atoms with E-state index in [2.05, 4.69) is 39.0 Å². The highest BCUT2D eigenvalue weighted by atomic mass is 32.1. The number of imidazole rings is 1. The van der Waals surface area contributed by atoms with E-state index in [0.717, 1.165) is 49.4 Å². The third-order valence-electron chi connectivity index (χ3n) is 5.84. The van der Waals surface area contributed by atoms with Gasteiger partial charge >= 0.3 is 0 Å². The largest absolute Gasteiger partial charge is 0.337 e. The Balaban J connectivity index is 1.42. The third-order valence-corrected chi connectivity index (χ3v) is 6.60. The molecule has 6 heteroatoms. The van der Waals surface area contributed by atoms with E-state index in [0.29, 0.717) is 18.3 Å². The predicted octanol–water partition coefficient (Wildman–Crippen LogP) is 3.80. The lowest BCUT2D eigenvalue weighted by molar-refractivity contribution is 0.0786. The van der Waals surface area contributed by atoms with Crippen molar-refractivity contribution in [1.82, 2.24) is 19.6 Å². The maximum absolute atomic E-state index is 13.0. The molecule has 1 aromatic carbocycles. The van der Waals surface area contributed by atoms with Gasteiger partial charge in [0.25, 0.3) is 5.91 Å². The highest BCUT2D eigenvalue weighted by molar-refractivity contribution is 7.15.